The van der Waals surface area contributed by atoms with Crippen LogP contribution in [0, 0.1) is 0 Å². The summed E-state index contributed by atoms with van der Waals surface area (Å²) in [5.74, 6) is -3.18. The molecule has 0 heterocycles. The number of aryl methyl sites for hydroxylation is 2. The number of nitrogens with one attached hydrogen (secondary N) is 4. The molecule has 0 aromatic heterocycles. The maximum absolute atomic E-state index is 13.5. The lowest BCUT2D eigenvalue weighted by Gasteiger charge is -2.17. The standard InChI is InChI=1S/C46H41Cl5N8O7/c1-25(60)41(58-56-37-20-30(18-32(50)22-37)43(62)52-34-8-4-28(5-9-34)14-16-47)45(64)54-36-12-13-39(40(24-36)66-27(3)49)55-46(65)42(26(2)61)59-57-38-21-31(19-33(51)23-38)44(63)53-35-10-6-29(7-11-35)15-17-48/h4-13,18-24,27,41-42H,14-17H2,1-3H3,(H,52,62)(H,53,63)(H,54,64)(H,55,65). The number of carbonyl (C=O) groups is 6. The van der Waals surface area contributed by atoms with Gasteiger partial charge in [-0.2, -0.15) is 20.5 Å². The minimum absolute atomic E-state index is 0.0287. The molecule has 0 aliphatic heterocycles. The Morgan fingerprint density at radius 1 is 0.561 bits per heavy atom. The molecule has 0 bridgehead atoms. The van der Waals surface area contributed by atoms with Crippen LogP contribution in [0.25, 0.3) is 0 Å². The van der Waals surface area contributed by atoms with Crippen molar-refractivity contribution in [3.63, 3.8) is 0 Å². The van der Waals surface area contributed by atoms with E-state index in [1.54, 1.807) is 24.3 Å². The molecule has 0 aliphatic carbocycles. The molecular weight excluding hydrogens is 954 g/mol. The van der Waals surface area contributed by atoms with E-state index in [2.05, 4.69) is 41.7 Å². The molecule has 66 heavy (non-hydrogen) atoms. The summed E-state index contributed by atoms with van der Waals surface area (Å²) in [5.41, 5.74) is 2.78. The van der Waals surface area contributed by atoms with Gasteiger partial charge in [-0.1, -0.05) is 59.1 Å². The predicted molar refractivity (Wildman–Crippen MR) is 258 cm³/mol. The zero-order valence-electron chi connectivity index (χ0n) is 35.4. The average molecular weight is 995 g/mol. The topological polar surface area (TPSA) is 209 Å². The number of ketones is 2. The van der Waals surface area contributed by atoms with Gasteiger partial charge >= 0.3 is 0 Å². The van der Waals surface area contributed by atoms with E-state index in [-0.39, 0.29) is 49.7 Å². The van der Waals surface area contributed by atoms with Crippen molar-refractivity contribution in [3.8, 4) is 5.75 Å². The number of ether oxygens (including phenoxy) is 1. The molecule has 20 heteroatoms. The normalized spacial score (nSPS) is 12.5. The van der Waals surface area contributed by atoms with Gasteiger partial charge in [0, 0.05) is 56.1 Å². The molecule has 0 saturated carbocycles. The first kappa shape index (κ1) is 50.8. The molecule has 0 radical (unpaired) electrons. The number of azo groups is 2. The van der Waals surface area contributed by atoms with E-state index in [1.807, 2.05) is 24.3 Å². The summed E-state index contributed by atoms with van der Waals surface area (Å²) in [6, 6.07) is 23.6. The molecular formula is C46H41Cl5N8O7. The molecule has 5 aromatic carbocycles. The Balaban J connectivity index is 1.27. The summed E-state index contributed by atoms with van der Waals surface area (Å²) in [6.45, 7) is 3.79. The fraction of sp³-hybridized carbons (Fsp3) is 0.217. The highest BCUT2D eigenvalue weighted by atomic mass is 35.5. The number of anilines is 4. The first-order chi connectivity index (χ1) is 31.5. The monoisotopic (exact) mass is 992 g/mol. The van der Waals surface area contributed by atoms with Crippen molar-refractivity contribution in [3.05, 3.63) is 135 Å². The van der Waals surface area contributed by atoms with E-state index in [0.717, 1.165) is 25.0 Å². The number of hydrogen-bond donors (Lipinski definition) is 4. The van der Waals surface area contributed by atoms with E-state index >= 15 is 0 Å². The maximum Gasteiger partial charge on any atom is 0.258 e. The van der Waals surface area contributed by atoms with E-state index < -0.39 is 52.8 Å². The molecule has 0 spiro atoms. The van der Waals surface area contributed by atoms with Crippen LogP contribution in [0.5, 0.6) is 5.75 Å². The number of hydrogen-bond acceptors (Lipinski definition) is 11. The van der Waals surface area contributed by atoms with Crippen molar-refractivity contribution >= 4 is 127 Å². The molecule has 15 nitrogen and oxygen atoms in total. The third-order valence-corrected chi connectivity index (χ3v) is 10.0. The van der Waals surface area contributed by atoms with Gasteiger partial charge in [0.25, 0.3) is 23.6 Å². The van der Waals surface area contributed by atoms with Gasteiger partial charge in [-0.25, -0.2) is 0 Å². The highest BCUT2D eigenvalue weighted by Crippen LogP contribution is 2.31. The van der Waals surface area contributed by atoms with Crippen LogP contribution in [0.15, 0.2) is 124 Å². The van der Waals surface area contributed by atoms with Crippen molar-refractivity contribution in [2.75, 3.05) is 33.0 Å². The van der Waals surface area contributed by atoms with Crippen molar-refractivity contribution in [1.82, 2.24) is 0 Å². The molecule has 0 aliphatic rings. The van der Waals surface area contributed by atoms with Gasteiger partial charge in [0.05, 0.1) is 17.1 Å². The van der Waals surface area contributed by atoms with Crippen molar-refractivity contribution in [1.29, 1.82) is 0 Å². The number of rotatable bonds is 20. The minimum Gasteiger partial charge on any atom is -0.473 e. The lowest BCUT2D eigenvalue weighted by atomic mass is 10.1. The van der Waals surface area contributed by atoms with E-state index in [4.69, 9.17) is 62.7 Å². The Bertz CT molecular complexity index is 2660. The lowest BCUT2D eigenvalue weighted by molar-refractivity contribution is -0.127. The van der Waals surface area contributed by atoms with Crippen LogP contribution >= 0.6 is 58.0 Å². The average Bonchev–Trinajstić information content (AvgIpc) is 3.25. The van der Waals surface area contributed by atoms with E-state index in [0.29, 0.717) is 36.0 Å². The number of nitrogens with zero attached hydrogens (tertiary/aromatic N) is 4. The fourth-order valence-electron chi connectivity index (χ4n) is 5.93. The molecule has 0 fully saturated rings. The molecule has 5 rings (SSSR count). The molecule has 3 unspecified atom stereocenters. The van der Waals surface area contributed by atoms with Gasteiger partial charge in [-0.15, -0.1) is 23.2 Å². The van der Waals surface area contributed by atoms with Gasteiger partial charge in [-0.05, 0) is 118 Å². The van der Waals surface area contributed by atoms with Crippen LogP contribution in [-0.4, -0.2) is 64.6 Å². The van der Waals surface area contributed by atoms with E-state index in [9.17, 15) is 28.8 Å². The van der Waals surface area contributed by atoms with Crippen LogP contribution in [0.4, 0.5) is 34.1 Å². The van der Waals surface area contributed by atoms with Gasteiger partial charge in [0.2, 0.25) is 12.1 Å². The second kappa shape index (κ2) is 24.3. The molecule has 342 valence electrons. The molecule has 5 aromatic rings. The van der Waals surface area contributed by atoms with Crippen LogP contribution in [0.3, 0.4) is 0 Å². The summed E-state index contributed by atoms with van der Waals surface area (Å²) in [5, 5.41) is 27.0. The number of Topliss-reactive ketones (excluding diaryl/α,β-unsaturated/α-hetero) is 2. The number of carbonyl (C=O) groups excluding carboxylic acids is 6. The summed E-state index contributed by atoms with van der Waals surface area (Å²) in [7, 11) is 0. The van der Waals surface area contributed by atoms with Crippen molar-refractivity contribution in [2.24, 2.45) is 20.5 Å². The SMILES string of the molecule is CC(=O)C(N=Nc1cc(Cl)cc(C(=O)Nc2ccc(CCCl)cc2)c1)C(=O)Nc1ccc(NC(=O)C(N=Nc2cc(Cl)cc(C(=O)Nc3ccc(CCCl)cc3)c2)C(C)=O)c(OC(C)Cl)c1. The summed E-state index contributed by atoms with van der Waals surface area (Å²) in [4.78, 5) is 78.3. The Kier molecular flexibility index (Phi) is 18.7. The third kappa shape index (κ3) is 15.2. The smallest absolute Gasteiger partial charge is 0.258 e. The second-order valence-corrected chi connectivity index (χ2v) is 16.6. The minimum atomic E-state index is -1.65. The van der Waals surface area contributed by atoms with E-state index in [1.165, 1.54) is 61.5 Å². The van der Waals surface area contributed by atoms with Gasteiger partial charge in [-0.3, -0.25) is 28.8 Å². The highest BCUT2D eigenvalue weighted by molar-refractivity contribution is 6.31. The first-order valence-electron chi connectivity index (χ1n) is 19.9. The highest BCUT2D eigenvalue weighted by Gasteiger charge is 2.27. The molecule has 4 amide bonds. The third-order valence-electron chi connectivity index (χ3n) is 9.12. The van der Waals surface area contributed by atoms with Gasteiger partial charge in [0.1, 0.15) is 5.75 Å². The van der Waals surface area contributed by atoms with Gasteiger partial charge < -0.3 is 26.0 Å². The molecule has 4 N–H and O–H groups in total. The van der Waals surface area contributed by atoms with Crippen LogP contribution in [-0.2, 0) is 32.0 Å². The quantitative estimate of drug-likeness (QED) is 0.0336. The largest absolute Gasteiger partial charge is 0.473 e. The number of halogens is 5. The zero-order valence-corrected chi connectivity index (χ0v) is 39.2. The Morgan fingerprint density at radius 3 is 1.39 bits per heavy atom. The number of benzene rings is 5. The second-order valence-electron chi connectivity index (χ2n) is 14.4. The van der Waals surface area contributed by atoms with Crippen molar-refractivity contribution in [2.45, 2.75) is 51.3 Å². The zero-order chi connectivity index (χ0) is 47.9. The Hall–Kier alpha value is -6.23. The Labute approximate surface area is 404 Å². The lowest BCUT2D eigenvalue weighted by Crippen LogP contribution is -2.32. The summed E-state index contributed by atoms with van der Waals surface area (Å²) in [6.07, 6.45) is 1.36. The fourth-order valence-corrected chi connectivity index (χ4v) is 6.92. The summed E-state index contributed by atoms with van der Waals surface area (Å²) >= 11 is 30.3. The van der Waals surface area contributed by atoms with Gasteiger partial charge in [0.15, 0.2) is 17.1 Å². The predicted octanol–water partition coefficient (Wildman–Crippen LogP) is 11.4. The number of amides is 4. The van der Waals surface area contributed by atoms with Crippen LogP contribution in [0.1, 0.15) is 52.6 Å². The summed E-state index contributed by atoms with van der Waals surface area (Å²) < 4.78 is 5.70. The Morgan fingerprint density at radius 2 is 0.985 bits per heavy atom. The molecule has 0 saturated heterocycles. The number of alkyl halides is 3. The van der Waals surface area contributed by atoms with Crippen LogP contribution < -0.4 is 26.0 Å². The maximum atomic E-state index is 13.5. The molecule has 3 atom stereocenters. The van der Waals surface area contributed by atoms with Crippen molar-refractivity contribution < 1.29 is 33.5 Å². The first-order valence-corrected chi connectivity index (χ1v) is 22.2. The van der Waals surface area contributed by atoms with Crippen LogP contribution in [0.2, 0.25) is 10.0 Å².